The van der Waals surface area contributed by atoms with Crippen molar-refractivity contribution in [1.82, 2.24) is 0 Å². The topological polar surface area (TPSA) is 15.3 Å². The first-order valence-corrected chi connectivity index (χ1v) is 19.9. The van der Waals surface area contributed by atoms with Gasteiger partial charge >= 0.3 is 0 Å². The third-order valence-electron chi connectivity index (χ3n) is 12.6. The first-order chi connectivity index (χ1) is 26.9. The lowest BCUT2D eigenvalue weighted by molar-refractivity contribution is 0.565. The molecular weight excluding hydrogens is 665 g/mol. The Morgan fingerprint density at radius 1 is 0.636 bits per heavy atom. The molecule has 0 amide bonds. The van der Waals surface area contributed by atoms with E-state index < -0.39 is 0 Å². The highest BCUT2D eigenvalue weighted by molar-refractivity contribution is 5.97. The normalized spacial score (nSPS) is 20.3. The molecule has 55 heavy (non-hydrogen) atoms. The minimum atomic E-state index is -0.0670. The molecule has 0 radical (unpaired) electrons. The number of rotatable bonds is 6. The van der Waals surface area contributed by atoms with Gasteiger partial charge in [-0.2, -0.15) is 0 Å². The molecule has 2 heteroatoms. The molecule has 0 aromatic heterocycles. The van der Waals surface area contributed by atoms with E-state index in [2.05, 4.69) is 208 Å². The molecule has 1 N–H and O–H groups in total. The van der Waals surface area contributed by atoms with Gasteiger partial charge in [0.1, 0.15) is 0 Å². The molecule has 0 saturated carbocycles. The van der Waals surface area contributed by atoms with Crippen molar-refractivity contribution in [3.63, 3.8) is 0 Å². The van der Waals surface area contributed by atoms with Crippen molar-refractivity contribution in [2.45, 2.75) is 39.5 Å². The van der Waals surface area contributed by atoms with Gasteiger partial charge in [-0.25, -0.2) is 0 Å². The van der Waals surface area contributed by atoms with E-state index in [4.69, 9.17) is 0 Å². The molecule has 3 unspecified atom stereocenters. The van der Waals surface area contributed by atoms with E-state index in [0.717, 1.165) is 17.8 Å². The molecule has 1 heterocycles. The highest BCUT2D eigenvalue weighted by atomic mass is 15.2. The average Bonchev–Trinajstić information content (AvgIpc) is 3.67. The van der Waals surface area contributed by atoms with Crippen LogP contribution in [0.25, 0.3) is 39.0 Å². The van der Waals surface area contributed by atoms with E-state index in [-0.39, 0.29) is 5.41 Å². The maximum Gasteiger partial charge on any atom is 0.0464 e. The Balaban J connectivity index is 1.11. The molecule has 6 aromatic rings. The summed E-state index contributed by atoms with van der Waals surface area (Å²) in [6, 6.07) is 53.5. The van der Waals surface area contributed by atoms with E-state index in [1.165, 1.54) is 78.3 Å². The van der Waals surface area contributed by atoms with Crippen LogP contribution in [0.15, 0.2) is 187 Å². The van der Waals surface area contributed by atoms with E-state index >= 15 is 0 Å². The number of hydrogen-bond donors (Lipinski definition) is 1. The van der Waals surface area contributed by atoms with Crippen LogP contribution in [-0.4, -0.2) is 0 Å². The quantitative estimate of drug-likeness (QED) is 0.185. The molecule has 4 aliphatic rings. The first-order valence-electron chi connectivity index (χ1n) is 19.9. The maximum absolute atomic E-state index is 3.82. The second-order valence-electron chi connectivity index (χ2n) is 16.3. The van der Waals surface area contributed by atoms with Crippen molar-refractivity contribution < 1.29 is 0 Å². The van der Waals surface area contributed by atoms with Gasteiger partial charge in [0.05, 0.1) is 0 Å². The second kappa shape index (κ2) is 13.0. The molecule has 3 atom stereocenters. The molecule has 10 rings (SSSR count). The lowest BCUT2D eigenvalue weighted by Gasteiger charge is -2.30. The standard InChI is InChI=1S/C53H46N2/c1-34-15-13-24-49-51(34)45-33-43(35(2)31-50(45)55(49)40-28-25-37(26-29-40)36-16-7-5-8-17-36)38-27-30-48(54-39-18-9-6-10-19-39)44(32-38)41-21-14-23-47-52(41)42-20-11-12-22-46(42)53(47,3)4/h5-30,32-35,51,54H,31H2,1-4H3. The SMILES string of the molecule is CC1CC2=C(C=C1c1ccc(Nc3ccccc3)c(-c3cccc4c3-c3ccccc3C4(C)C)c1)C1C(=CC=CC1C)N2c1ccc(-c2ccccc2)cc1. The number of hydrogen-bond acceptors (Lipinski definition) is 2. The third kappa shape index (κ3) is 5.46. The Labute approximate surface area is 325 Å². The fourth-order valence-electron chi connectivity index (χ4n) is 9.84. The van der Waals surface area contributed by atoms with Crippen molar-refractivity contribution in [2.75, 3.05) is 10.2 Å². The number of nitrogens with one attached hydrogen (secondary N) is 1. The Morgan fingerprint density at radius 3 is 2.11 bits per heavy atom. The summed E-state index contributed by atoms with van der Waals surface area (Å²) in [6.45, 7) is 9.53. The van der Waals surface area contributed by atoms with Crippen LogP contribution in [0.2, 0.25) is 0 Å². The number of nitrogens with zero attached hydrogens (tertiary/aromatic N) is 1. The molecular formula is C53H46N2. The summed E-state index contributed by atoms with van der Waals surface area (Å²) >= 11 is 0. The molecule has 268 valence electrons. The summed E-state index contributed by atoms with van der Waals surface area (Å²) in [6.07, 6.45) is 10.5. The van der Waals surface area contributed by atoms with E-state index in [1.807, 2.05) is 0 Å². The summed E-state index contributed by atoms with van der Waals surface area (Å²) in [5, 5.41) is 3.82. The zero-order valence-electron chi connectivity index (χ0n) is 32.1. The minimum Gasteiger partial charge on any atom is -0.355 e. The maximum atomic E-state index is 3.82. The van der Waals surface area contributed by atoms with E-state index in [9.17, 15) is 0 Å². The van der Waals surface area contributed by atoms with Crippen LogP contribution in [0.5, 0.6) is 0 Å². The number of allylic oxidation sites excluding steroid dienone is 7. The van der Waals surface area contributed by atoms with Gasteiger partial charge in [0, 0.05) is 45.4 Å². The van der Waals surface area contributed by atoms with Gasteiger partial charge in [0.2, 0.25) is 0 Å². The number of fused-ring (bicyclic) bond motifs is 5. The van der Waals surface area contributed by atoms with Crippen LogP contribution in [-0.2, 0) is 5.41 Å². The van der Waals surface area contributed by atoms with Gasteiger partial charge in [-0.3, -0.25) is 0 Å². The van der Waals surface area contributed by atoms with E-state index in [0.29, 0.717) is 17.8 Å². The van der Waals surface area contributed by atoms with E-state index in [1.54, 1.807) is 0 Å². The summed E-state index contributed by atoms with van der Waals surface area (Å²) in [5.41, 5.74) is 20.9. The Morgan fingerprint density at radius 2 is 1.31 bits per heavy atom. The number of para-hydroxylation sites is 1. The van der Waals surface area contributed by atoms with Gasteiger partial charge in [-0.15, -0.1) is 0 Å². The molecule has 1 aliphatic heterocycles. The van der Waals surface area contributed by atoms with Gasteiger partial charge in [0.25, 0.3) is 0 Å². The zero-order chi connectivity index (χ0) is 37.3. The predicted molar refractivity (Wildman–Crippen MR) is 232 cm³/mol. The summed E-state index contributed by atoms with van der Waals surface area (Å²) < 4.78 is 0. The Kier molecular flexibility index (Phi) is 7.92. The molecule has 6 aromatic carbocycles. The number of benzene rings is 6. The fourth-order valence-corrected chi connectivity index (χ4v) is 9.84. The molecule has 0 bridgehead atoms. The number of anilines is 3. The van der Waals surface area contributed by atoms with Gasteiger partial charge in [-0.05, 0) is 116 Å². The molecule has 0 spiro atoms. The van der Waals surface area contributed by atoms with Crippen molar-refractivity contribution in [2.24, 2.45) is 17.8 Å². The van der Waals surface area contributed by atoms with Crippen LogP contribution in [0.4, 0.5) is 17.1 Å². The second-order valence-corrected chi connectivity index (χ2v) is 16.3. The average molecular weight is 711 g/mol. The Bertz CT molecular complexity index is 2580. The smallest absolute Gasteiger partial charge is 0.0464 e. The van der Waals surface area contributed by atoms with Crippen LogP contribution < -0.4 is 10.2 Å². The van der Waals surface area contributed by atoms with Crippen LogP contribution in [0.1, 0.15) is 50.8 Å². The fraction of sp³-hybridized carbons (Fsp3) is 0.170. The highest BCUT2D eigenvalue weighted by Gasteiger charge is 2.42. The van der Waals surface area contributed by atoms with Gasteiger partial charge in [-0.1, -0.05) is 155 Å². The van der Waals surface area contributed by atoms with Crippen LogP contribution >= 0.6 is 0 Å². The molecule has 3 aliphatic carbocycles. The van der Waals surface area contributed by atoms with Crippen LogP contribution in [0.3, 0.4) is 0 Å². The summed E-state index contributed by atoms with van der Waals surface area (Å²) in [7, 11) is 0. The highest BCUT2D eigenvalue weighted by Crippen LogP contribution is 2.55. The lowest BCUT2D eigenvalue weighted by atomic mass is 9.77. The zero-order valence-corrected chi connectivity index (χ0v) is 32.1. The first kappa shape index (κ1) is 33.4. The predicted octanol–water partition coefficient (Wildman–Crippen LogP) is 14.0. The summed E-state index contributed by atoms with van der Waals surface area (Å²) in [5.74, 6) is 1.08. The summed E-state index contributed by atoms with van der Waals surface area (Å²) in [4.78, 5) is 2.57. The minimum absolute atomic E-state index is 0.0670. The van der Waals surface area contributed by atoms with Crippen LogP contribution in [0, 0.1) is 17.8 Å². The van der Waals surface area contributed by atoms with Crippen molar-refractivity contribution in [1.29, 1.82) is 0 Å². The monoisotopic (exact) mass is 710 g/mol. The molecule has 0 saturated heterocycles. The van der Waals surface area contributed by atoms with Gasteiger partial charge < -0.3 is 10.2 Å². The third-order valence-corrected chi connectivity index (χ3v) is 12.6. The largest absolute Gasteiger partial charge is 0.355 e. The van der Waals surface area contributed by atoms with Crippen molar-refractivity contribution in [3.8, 4) is 33.4 Å². The molecule has 2 nitrogen and oxygen atoms in total. The van der Waals surface area contributed by atoms with Crippen molar-refractivity contribution >= 4 is 22.6 Å². The molecule has 0 fully saturated rings. The Hall–Kier alpha value is -6.12. The van der Waals surface area contributed by atoms with Gasteiger partial charge in [0.15, 0.2) is 0 Å². The van der Waals surface area contributed by atoms with Crippen molar-refractivity contribution in [3.05, 3.63) is 204 Å². The lowest BCUT2D eigenvalue weighted by Crippen LogP contribution is -2.23.